The molecule has 6 heteroatoms. The van der Waals surface area contributed by atoms with Crippen molar-refractivity contribution in [1.82, 2.24) is 9.88 Å². The lowest BCUT2D eigenvalue weighted by Gasteiger charge is -2.36. The van der Waals surface area contributed by atoms with E-state index >= 15 is 0 Å². The molecule has 1 aliphatic rings. The smallest absolute Gasteiger partial charge is 0.410 e. The predicted octanol–water partition coefficient (Wildman–Crippen LogP) is 3.80. The molecule has 1 aliphatic heterocycles. The molecule has 6 nitrogen and oxygen atoms in total. The molecule has 0 N–H and O–H groups in total. The Kier molecular flexibility index (Phi) is 5.43. The molecule has 0 bridgehead atoms. The molecule has 1 fully saturated rings. The van der Waals surface area contributed by atoms with Crippen LogP contribution >= 0.6 is 0 Å². The van der Waals surface area contributed by atoms with Gasteiger partial charge >= 0.3 is 6.09 Å². The van der Waals surface area contributed by atoms with Crippen LogP contribution < -0.4 is 4.74 Å². The molecule has 1 atom stereocenters. The minimum Gasteiger partial charge on any atom is -0.501 e. The summed E-state index contributed by atoms with van der Waals surface area (Å²) < 4.78 is 11.2. The molecule has 0 saturated carbocycles. The predicted molar refractivity (Wildman–Crippen MR) is 86.6 cm³/mol. The average Bonchev–Trinajstić information content (AvgIpc) is 2.51. The van der Waals surface area contributed by atoms with Crippen LogP contribution in [0.15, 0.2) is 18.5 Å². The van der Waals surface area contributed by atoms with Crippen molar-refractivity contribution in [3.63, 3.8) is 0 Å². The van der Waals surface area contributed by atoms with Gasteiger partial charge in [0.1, 0.15) is 18.0 Å². The third-order valence-corrected chi connectivity index (χ3v) is 3.57. The summed E-state index contributed by atoms with van der Waals surface area (Å²) in [6.45, 7) is 13.7. The van der Waals surface area contributed by atoms with E-state index in [1.165, 1.54) is 6.20 Å². The van der Waals surface area contributed by atoms with Crippen LogP contribution in [0.5, 0.6) is 5.75 Å². The van der Waals surface area contributed by atoms with Crippen LogP contribution in [0.1, 0.15) is 40.0 Å². The minimum absolute atomic E-state index is 0.0441. The standard InChI is InChI=1S/C17H23N3O3/c1-17(2,3)23-16(21)20-10-6-5-7-13(20)12-22-15-11-19-9-8-14(15)18-4/h8-9,11,13H,5-7,10,12H2,1-3H3/t13-/m0/s1. The molecule has 1 aromatic rings. The summed E-state index contributed by atoms with van der Waals surface area (Å²) >= 11 is 0. The van der Waals surface area contributed by atoms with Gasteiger partial charge in [0.2, 0.25) is 5.69 Å². The van der Waals surface area contributed by atoms with Gasteiger partial charge in [-0.2, -0.15) is 0 Å². The Hall–Kier alpha value is -2.29. The lowest BCUT2D eigenvalue weighted by Crippen LogP contribution is -2.48. The number of hydrogen-bond donors (Lipinski definition) is 0. The third-order valence-electron chi connectivity index (χ3n) is 3.57. The van der Waals surface area contributed by atoms with Crippen molar-refractivity contribution in [2.75, 3.05) is 13.2 Å². The topological polar surface area (TPSA) is 56.0 Å². The average molecular weight is 317 g/mol. The quantitative estimate of drug-likeness (QED) is 0.796. The summed E-state index contributed by atoms with van der Waals surface area (Å²) in [6, 6.07) is 1.58. The van der Waals surface area contributed by atoms with Gasteiger partial charge < -0.3 is 14.4 Å². The molecule has 0 unspecified atom stereocenters. The van der Waals surface area contributed by atoms with Gasteiger partial charge in [-0.3, -0.25) is 4.98 Å². The Morgan fingerprint density at radius 3 is 2.96 bits per heavy atom. The van der Waals surface area contributed by atoms with Crippen molar-refractivity contribution in [3.05, 3.63) is 29.9 Å². The van der Waals surface area contributed by atoms with Gasteiger partial charge in [-0.15, -0.1) is 0 Å². The normalized spacial score (nSPS) is 18.2. The maximum Gasteiger partial charge on any atom is 0.410 e. The highest BCUT2D eigenvalue weighted by Gasteiger charge is 2.31. The summed E-state index contributed by atoms with van der Waals surface area (Å²) in [4.78, 5) is 21.5. The highest BCUT2D eigenvalue weighted by molar-refractivity contribution is 5.68. The molecule has 0 aliphatic carbocycles. The van der Waals surface area contributed by atoms with Crippen LogP contribution in [0.2, 0.25) is 0 Å². The van der Waals surface area contributed by atoms with Crippen LogP contribution in [0.4, 0.5) is 10.5 Å². The van der Waals surface area contributed by atoms with E-state index in [-0.39, 0.29) is 12.1 Å². The molecule has 1 amide bonds. The lowest BCUT2D eigenvalue weighted by molar-refractivity contribution is 0.00364. The lowest BCUT2D eigenvalue weighted by atomic mass is 10.0. The number of aromatic nitrogens is 1. The van der Waals surface area contributed by atoms with E-state index in [0.29, 0.717) is 24.6 Å². The van der Waals surface area contributed by atoms with Crippen molar-refractivity contribution >= 4 is 11.8 Å². The largest absolute Gasteiger partial charge is 0.501 e. The molecule has 2 rings (SSSR count). The third kappa shape index (κ3) is 4.85. The number of rotatable bonds is 3. The fourth-order valence-electron chi connectivity index (χ4n) is 2.50. The van der Waals surface area contributed by atoms with E-state index in [1.807, 2.05) is 20.8 Å². The van der Waals surface area contributed by atoms with E-state index in [1.54, 1.807) is 17.2 Å². The first-order valence-corrected chi connectivity index (χ1v) is 7.84. The Balaban J connectivity index is 2.01. The number of piperidine rings is 1. The number of amides is 1. The van der Waals surface area contributed by atoms with E-state index in [4.69, 9.17) is 16.0 Å². The molecule has 124 valence electrons. The summed E-state index contributed by atoms with van der Waals surface area (Å²) in [6.07, 6.45) is 5.68. The first kappa shape index (κ1) is 17.1. The van der Waals surface area contributed by atoms with Crippen molar-refractivity contribution < 1.29 is 14.3 Å². The molecule has 0 radical (unpaired) electrons. The number of likely N-dealkylation sites (tertiary alicyclic amines) is 1. The van der Waals surface area contributed by atoms with E-state index < -0.39 is 5.60 Å². The van der Waals surface area contributed by atoms with Gasteiger partial charge in [-0.1, -0.05) is 0 Å². The fourth-order valence-corrected chi connectivity index (χ4v) is 2.50. The summed E-state index contributed by atoms with van der Waals surface area (Å²) in [7, 11) is 0. The second-order valence-electron chi connectivity index (χ2n) is 6.59. The zero-order valence-electron chi connectivity index (χ0n) is 13.9. The molecule has 23 heavy (non-hydrogen) atoms. The molecule has 2 heterocycles. The molecule has 1 saturated heterocycles. The van der Waals surface area contributed by atoms with Crippen LogP contribution in [0.25, 0.3) is 4.85 Å². The fraction of sp³-hybridized carbons (Fsp3) is 0.588. The van der Waals surface area contributed by atoms with Crippen molar-refractivity contribution in [1.29, 1.82) is 0 Å². The van der Waals surface area contributed by atoms with Crippen LogP contribution in [0.3, 0.4) is 0 Å². The number of carbonyl (C=O) groups excluding carboxylic acids is 1. The van der Waals surface area contributed by atoms with E-state index in [0.717, 1.165) is 19.3 Å². The Bertz CT molecular complexity index is 589. The minimum atomic E-state index is -0.513. The summed E-state index contributed by atoms with van der Waals surface area (Å²) in [5.41, 5.74) is -0.0831. The summed E-state index contributed by atoms with van der Waals surface area (Å²) in [5.74, 6) is 0.456. The van der Waals surface area contributed by atoms with Crippen LogP contribution in [0, 0.1) is 6.57 Å². The van der Waals surface area contributed by atoms with Crippen molar-refractivity contribution in [2.45, 2.75) is 51.7 Å². The Morgan fingerprint density at radius 2 is 2.26 bits per heavy atom. The van der Waals surface area contributed by atoms with Crippen LogP contribution in [-0.2, 0) is 4.74 Å². The van der Waals surface area contributed by atoms with Crippen molar-refractivity contribution in [3.8, 4) is 5.75 Å². The van der Waals surface area contributed by atoms with Gasteiger partial charge in [0, 0.05) is 12.7 Å². The van der Waals surface area contributed by atoms with Gasteiger partial charge in [0.15, 0.2) is 0 Å². The zero-order valence-corrected chi connectivity index (χ0v) is 13.9. The summed E-state index contributed by atoms with van der Waals surface area (Å²) in [5, 5.41) is 0. The van der Waals surface area contributed by atoms with Gasteiger partial charge in [0.05, 0.1) is 18.8 Å². The second-order valence-corrected chi connectivity index (χ2v) is 6.59. The molecule has 0 spiro atoms. The highest BCUT2D eigenvalue weighted by atomic mass is 16.6. The SMILES string of the molecule is [C-]#[N+]c1ccncc1OC[C@@H]1CCCCN1C(=O)OC(C)(C)C. The van der Waals surface area contributed by atoms with E-state index in [2.05, 4.69) is 9.83 Å². The number of carbonyl (C=O) groups is 1. The Labute approximate surface area is 137 Å². The number of ether oxygens (including phenoxy) is 2. The molecular weight excluding hydrogens is 294 g/mol. The number of nitrogens with zero attached hydrogens (tertiary/aromatic N) is 3. The second kappa shape index (κ2) is 7.32. The van der Waals surface area contributed by atoms with Gasteiger partial charge in [0.25, 0.3) is 0 Å². The maximum absolute atomic E-state index is 12.3. The van der Waals surface area contributed by atoms with Crippen molar-refractivity contribution in [2.24, 2.45) is 0 Å². The number of hydrogen-bond acceptors (Lipinski definition) is 4. The maximum atomic E-state index is 12.3. The molecular formula is C17H23N3O3. The molecule has 1 aromatic heterocycles. The van der Waals surface area contributed by atoms with E-state index in [9.17, 15) is 4.79 Å². The van der Waals surface area contributed by atoms with Gasteiger partial charge in [-0.05, 0) is 46.1 Å². The number of pyridine rings is 1. The van der Waals surface area contributed by atoms with Gasteiger partial charge in [-0.25, -0.2) is 9.64 Å². The molecule has 0 aromatic carbocycles. The monoisotopic (exact) mass is 317 g/mol. The Morgan fingerprint density at radius 1 is 1.48 bits per heavy atom. The van der Waals surface area contributed by atoms with Crippen LogP contribution in [-0.4, -0.2) is 40.8 Å². The first-order valence-electron chi connectivity index (χ1n) is 7.84. The highest BCUT2D eigenvalue weighted by Crippen LogP contribution is 2.27. The first-order chi connectivity index (χ1) is 10.9. The zero-order chi connectivity index (χ0) is 16.9.